The van der Waals surface area contributed by atoms with Crippen LogP contribution in [-0.4, -0.2) is 30.7 Å². The Balaban J connectivity index is 1.86. The number of fused-ring (bicyclic) bond motifs is 2. The smallest absolute Gasteiger partial charge is 0.231 e. The SMILES string of the molecule is COc1c2c(c(O)c3c1OC[C@H](c1ccccc1)[C@H]3O)OCO2. The predicted octanol–water partition coefficient (Wildman–Crippen LogP) is 2.34. The van der Waals surface area contributed by atoms with Gasteiger partial charge in [-0.3, -0.25) is 0 Å². The third-order valence-electron chi connectivity index (χ3n) is 4.26. The molecule has 0 radical (unpaired) electrons. The lowest BCUT2D eigenvalue weighted by Crippen LogP contribution is -2.24. The lowest BCUT2D eigenvalue weighted by atomic mass is 9.86. The molecule has 0 spiro atoms. The van der Waals surface area contributed by atoms with Crippen molar-refractivity contribution in [2.24, 2.45) is 0 Å². The molecule has 0 saturated heterocycles. The second kappa shape index (κ2) is 5.24. The minimum Gasteiger partial charge on any atom is -0.504 e. The number of phenols is 1. The van der Waals surface area contributed by atoms with Crippen LogP contribution in [0.2, 0.25) is 0 Å². The van der Waals surface area contributed by atoms with Crippen molar-refractivity contribution < 1.29 is 29.2 Å². The molecular weight excluding hydrogens is 300 g/mol. The summed E-state index contributed by atoms with van der Waals surface area (Å²) in [5, 5.41) is 21.3. The van der Waals surface area contributed by atoms with Gasteiger partial charge in [-0.05, 0) is 5.56 Å². The van der Waals surface area contributed by atoms with Crippen molar-refractivity contribution in [2.75, 3.05) is 20.5 Å². The minimum atomic E-state index is -0.940. The van der Waals surface area contributed by atoms with Crippen LogP contribution in [0.3, 0.4) is 0 Å². The average molecular weight is 316 g/mol. The van der Waals surface area contributed by atoms with Crippen molar-refractivity contribution >= 4 is 0 Å². The van der Waals surface area contributed by atoms with E-state index in [1.807, 2.05) is 30.3 Å². The highest BCUT2D eigenvalue weighted by atomic mass is 16.7. The summed E-state index contributed by atoms with van der Waals surface area (Å²) in [5.41, 5.74) is 1.20. The summed E-state index contributed by atoms with van der Waals surface area (Å²) < 4.78 is 21.8. The van der Waals surface area contributed by atoms with Crippen molar-refractivity contribution in [2.45, 2.75) is 12.0 Å². The molecular formula is C17H16O6. The van der Waals surface area contributed by atoms with Crippen molar-refractivity contribution in [3.05, 3.63) is 41.5 Å². The van der Waals surface area contributed by atoms with E-state index in [-0.39, 0.29) is 36.4 Å². The van der Waals surface area contributed by atoms with Gasteiger partial charge in [-0.15, -0.1) is 0 Å². The fraction of sp³-hybridized carbons (Fsp3) is 0.294. The number of ether oxygens (including phenoxy) is 4. The number of aromatic hydroxyl groups is 1. The van der Waals surface area contributed by atoms with Crippen LogP contribution in [0.25, 0.3) is 0 Å². The molecule has 0 unspecified atom stereocenters. The molecule has 6 heteroatoms. The highest BCUT2D eigenvalue weighted by Gasteiger charge is 2.40. The number of aliphatic hydroxyl groups is 1. The number of methoxy groups -OCH3 is 1. The van der Waals surface area contributed by atoms with E-state index in [4.69, 9.17) is 18.9 Å². The van der Waals surface area contributed by atoms with Crippen LogP contribution < -0.4 is 18.9 Å². The maximum absolute atomic E-state index is 10.8. The molecule has 4 rings (SSSR count). The lowest BCUT2D eigenvalue weighted by Gasteiger charge is -2.32. The fourth-order valence-corrected chi connectivity index (χ4v) is 3.13. The molecule has 0 aliphatic carbocycles. The standard InChI is InChI=1S/C17H16O6/c1-20-16-14-11(13(19)15-17(16)23-8-22-15)12(18)10(7-21-14)9-5-3-2-4-6-9/h2-6,10,12,18-19H,7-8H2,1H3/t10-,12-/m1/s1. The molecule has 2 N–H and O–H groups in total. The number of benzene rings is 2. The number of aliphatic hydroxyl groups excluding tert-OH is 1. The highest BCUT2D eigenvalue weighted by molar-refractivity contribution is 5.71. The van der Waals surface area contributed by atoms with E-state index in [9.17, 15) is 10.2 Å². The zero-order valence-electron chi connectivity index (χ0n) is 12.5. The summed E-state index contributed by atoms with van der Waals surface area (Å²) >= 11 is 0. The van der Waals surface area contributed by atoms with Crippen molar-refractivity contribution in [3.8, 4) is 28.7 Å². The number of phenolic OH excluding ortho intramolecular Hbond substituents is 1. The molecule has 120 valence electrons. The Morgan fingerprint density at radius 3 is 2.52 bits per heavy atom. The lowest BCUT2D eigenvalue weighted by molar-refractivity contribution is 0.0834. The first kappa shape index (κ1) is 14.0. The topological polar surface area (TPSA) is 77.4 Å². The summed E-state index contributed by atoms with van der Waals surface area (Å²) in [6.07, 6.45) is -0.940. The zero-order valence-corrected chi connectivity index (χ0v) is 12.5. The molecule has 0 aromatic heterocycles. The normalized spacial score (nSPS) is 21.5. The third-order valence-corrected chi connectivity index (χ3v) is 4.26. The predicted molar refractivity (Wildman–Crippen MR) is 80.4 cm³/mol. The van der Waals surface area contributed by atoms with E-state index >= 15 is 0 Å². The van der Waals surface area contributed by atoms with Gasteiger partial charge < -0.3 is 29.2 Å². The molecule has 0 saturated carbocycles. The maximum atomic E-state index is 10.8. The quantitative estimate of drug-likeness (QED) is 0.885. The second-order valence-electron chi connectivity index (χ2n) is 5.46. The average Bonchev–Trinajstić information content (AvgIpc) is 3.06. The zero-order chi connectivity index (χ0) is 16.0. The molecule has 2 aliphatic rings. The van der Waals surface area contributed by atoms with Crippen LogP contribution in [0.5, 0.6) is 28.7 Å². The third kappa shape index (κ3) is 1.98. The van der Waals surface area contributed by atoms with Gasteiger partial charge in [-0.25, -0.2) is 0 Å². The van der Waals surface area contributed by atoms with Gasteiger partial charge in [0.2, 0.25) is 24.0 Å². The molecule has 6 nitrogen and oxygen atoms in total. The van der Waals surface area contributed by atoms with Crippen LogP contribution in [0, 0.1) is 0 Å². The van der Waals surface area contributed by atoms with Crippen LogP contribution in [0.4, 0.5) is 0 Å². The maximum Gasteiger partial charge on any atom is 0.231 e. The van der Waals surface area contributed by atoms with Crippen molar-refractivity contribution in [1.29, 1.82) is 0 Å². The first-order valence-corrected chi connectivity index (χ1v) is 7.30. The van der Waals surface area contributed by atoms with Gasteiger partial charge in [0.15, 0.2) is 11.5 Å². The largest absolute Gasteiger partial charge is 0.504 e. The van der Waals surface area contributed by atoms with Gasteiger partial charge in [0.1, 0.15) is 0 Å². The Labute approximate surface area is 132 Å². The molecule has 2 aromatic carbocycles. The monoisotopic (exact) mass is 316 g/mol. The van der Waals surface area contributed by atoms with Gasteiger partial charge in [0.25, 0.3) is 0 Å². The number of hydrogen-bond donors (Lipinski definition) is 2. The van der Waals surface area contributed by atoms with Crippen LogP contribution in [-0.2, 0) is 0 Å². The van der Waals surface area contributed by atoms with Gasteiger partial charge in [-0.2, -0.15) is 0 Å². The van der Waals surface area contributed by atoms with Gasteiger partial charge in [-0.1, -0.05) is 30.3 Å². The van der Waals surface area contributed by atoms with Gasteiger partial charge in [0, 0.05) is 5.92 Å². The summed E-state index contributed by atoms with van der Waals surface area (Å²) in [7, 11) is 1.48. The molecule has 2 aliphatic heterocycles. The Morgan fingerprint density at radius 1 is 1.04 bits per heavy atom. The number of hydrogen-bond acceptors (Lipinski definition) is 6. The first-order chi connectivity index (χ1) is 11.2. The summed E-state index contributed by atoms with van der Waals surface area (Å²) in [4.78, 5) is 0. The van der Waals surface area contributed by atoms with E-state index in [0.717, 1.165) is 5.56 Å². The van der Waals surface area contributed by atoms with E-state index in [1.54, 1.807) is 0 Å². The van der Waals surface area contributed by atoms with E-state index < -0.39 is 6.10 Å². The Kier molecular flexibility index (Phi) is 3.20. The molecule has 0 bridgehead atoms. The summed E-state index contributed by atoms with van der Waals surface area (Å²) in [6, 6.07) is 9.55. The van der Waals surface area contributed by atoms with Gasteiger partial charge >= 0.3 is 0 Å². The summed E-state index contributed by atoms with van der Waals surface area (Å²) in [5.74, 6) is 0.650. The van der Waals surface area contributed by atoms with E-state index in [1.165, 1.54) is 7.11 Å². The molecule has 2 heterocycles. The Hall–Kier alpha value is -2.60. The molecule has 0 fully saturated rings. The van der Waals surface area contributed by atoms with Crippen LogP contribution >= 0.6 is 0 Å². The molecule has 0 amide bonds. The Bertz CT molecular complexity index is 743. The van der Waals surface area contributed by atoms with Crippen LogP contribution in [0.15, 0.2) is 30.3 Å². The first-order valence-electron chi connectivity index (χ1n) is 7.30. The minimum absolute atomic E-state index is 0.0135. The van der Waals surface area contributed by atoms with Gasteiger partial charge in [0.05, 0.1) is 25.4 Å². The second-order valence-corrected chi connectivity index (χ2v) is 5.46. The Morgan fingerprint density at radius 2 is 1.78 bits per heavy atom. The van der Waals surface area contributed by atoms with Crippen LogP contribution in [0.1, 0.15) is 23.1 Å². The summed E-state index contributed by atoms with van der Waals surface area (Å²) in [6.45, 7) is 0.258. The number of rotatable bonds is 2. The molecule has 23 heavy (non-hydrogen) atoms. The molecule has 2 atom stereocenters. The molecule has 2 aromatic rings. The fourth-order valence-electron chi connectivity index (χ4n) is 3.13. The van der Waals surface area contributed by atoms with Crippen molar-refractivity contribution in [1.82, 2.24) is 0 Å². The van der Waals surface area contributed by atoms with E-state index in [2.05, 4.69) is 0 Å². The van der Waals surface area contributed by atoms with Crippen molar-refractivity contribution in [3.63, 3.8) is 0 Å². The van der Waals surface area contributed by atoms with E-state index in [0.29, 0.717) is 17.2 Å². The highest BCUT2D eigenvalue weighted by Crippen LogP contribution is 2.59.